The number of para-hydroxylation sites is 1. The summed E-state index contributed by atoms with van der Waals surface area (Å²) in [5, 5.41) is -0.243. The fraction of sp³-hybridized carbons (Fsp3) is 0.200. The van der Waals surface area contributed by atoms with E-state index in [1.54, 1.807) is 12.0 Å². The molecule has 0 saturated carbocycles. The van der Waals surface area contributed by atoms with E-state index in [1.807, 2.05) is 78.9 Å². The molecule has 31 heavy (non-hydrogen) atoms. The molecule has 1 aliphatic heterocycles. The topological polar surface area (TPSA) is 38.8 Å². The molecule has 3 aromatic carbocycles. The lowest BCUT2D eigenvalue weighted by atomic mass is 10.1. The zero-order chi connectivity index (χ0) is 21.6. The Hall–Kier alpha value is -2.83. The summed E-state index contributed by atoms with van der Waals surface area (Å²) in [7, 11) is 1.64. The molecule has 6 heteroatoms. The van der Waals surface area contributed by atoms with Crippen LogP contribution in [0.5, 0.6) is 11.5 Å². The number of hydrogen-bond acceptors (Lipinski definition) is 5. The lowest BCUT2D eigenvalue weighted by Gasteiger charge is -2.16. The maximum Gasteiger partial charge on any atom is 0.242 e. The first-order chi connectivity index (χ1) is 15.1. The molecular formula is C25H23NO3S2. The fourth-order valence-electron chi connectivity index (χ4n) is 3.43. The van der Waals surface area contributed by atoms with E-state index in [1.165, 1.54) is 11.8 Å². The molecule has 0 N–H and O–H groups in total. The van der Waals surface area contributed by atoms with Crippen molar-refractivity contribution in [3.05, 3.63) is 95.6 Å². The Morgan fingerprint density at radius 2 is 1.65 bits per heavy atom. The molecule has 0 spiro atoms. The van der Waals surface area contributed by atoms with Crippen LogP contribution in [-0.4, -0.2) is 27.5 Å². The molecule has 4 rings (SSSR count). The van der Waals surface area contributed by atoms with Crippen LogP contribution in [0.4, 0.5) is 0 Å². The van der Waals surface area contributed by atoms with Gasteiger partial charge in [0.05, 0.1) is 18.9 Å². The predicted octanol–water partition coefficient (Wildman–Crippen LogP) is 5.25. The Bertz CT molecular complexity index is 1050. The maximum atomic E-state index is 13.1. The zero-order valence-electron chi connectivity index (χ0n) is 17.2. The summed E-state index contributed by atoms with van der Waals surface area (Å²) in [6, 6.07) is 25.7. The largest absolute Gasteiger partial charge is 0.497 e. The van der Waals surface area contributed by atoms with Crippen molar-refractivity contribution in [2.24, 2.45) is 0 Å². The molecule has 1 atom stereocenters. The van der Waals surface area contributed by atoms with E-state index in [0.29, 0.717) is 23.9 Å². The number of thioether (sulfide) groups is 1. The number of amides is 1. The van der Waals surface area contributed by atoms with Gasteiger partial charge < -0.3 is 9.47 Å². The van der Waals surface area contributed by atoms with Crippen LogP contribution in [-0.2, 0) is 24.4 Å². The highest BCUT2D eigenvalue weighted by Gasteiger charge is 2.37. The number of rotatable bonds is 8. The van der Waals surface area contributed by atoms with Crippen LogP contribution >= 0.6 is 24.0 Å². The lowest BCUT2D eigenvalue weighted by Crippen LogP contribution is -2.31. The average molecular weight is 450 g/mol. The van der Waals surface area contributed by atoms with Crippen LogP contribution in [0.15, 0.2) is 78.9 Å². The Labute approximate surface area is 192 Å². The SMILES string of the molecule is COc1ccc(CN2C(=O)[C@@H](Cc3ccccc3OCc3ccccc3)SC2=S)cc1. The Morgan fingerprint density at radius 1 is 0.935 bits per heavy atom. The van der Waals surface area contributed by atoms with Crippen molar-refractivity contribution >= 4 is 34.2 Å². The van der Waals surface area contributed by atoms with Gasteiger partial charge in [-0.2, -0.15) is 0 Å². The number of hydrogen-bond donors (Lipinski definition) is 0. The second-order valence-corrected chi connectivity index (χ2v) is 9.07. The van der Waals surface area contributed by atoms with Crippen LogP contribution in [0, 0.1) is 0 Å². The third-order valence-electron chi connectivity index (χ3n) is 5.12. The molecule has 0 aromatic heterocycles. The minimum atomic E-state index is -0.243. The molecule has 0 aliphatic carbocycles. The molecule has 4 nitrogen and oxygen atoms in total. The van der Waals surface area contributed by atoms with Crippen LogP contribution in [0.3, 0.4) is 0 Å². The van der Waals surface area contributed by atoms with Gasteiger partial charge in [0.1, 0.15) is 22.4 Å². The van der Waals surface area contributed by atoms with E-state index in [2.05, 4.69) is 0 Å². The lowest BCUT2D eigenvalue weighted by molar-refractivity contribution is -0.126. The van der Waals surface area contributed by atoms with Crippen molar-refractivity contribution in [1.29, 1.82) is 0 Å². The van der Waals surface area contributed by atoms with Gasteiger partial charge in [0.15, 0.2) is 0 Å². The van der Waals surface area contributed by atoms with Crippen molar-refractivity contribution < 1.29 is 14.3 Å². The number of carbonyl (C=O) groups excluding carboxylic acids is 1. The van der Waals surface area contributed by atoms with Crippen molar-refractivity contribution in [3.8, 4) is 11.5 Å². The van der Waals surface area contributed by atoms with Gasteiger partial charge in [0.2, 0.25) is 5.91 Å². The standard InChI is InChI=1S/C25H23NO3S2/c1-28-21-13-11-18(12-14-21)16-26-24(27)23(31-25(26)30)15-20-9-5-6-10-22(20)29-17-19-7-3-2-4-8-19/h2-14,23H,15-17H2,1H3/t23-/m1/s1. The maximum absolute atomic E-state index is 13.1. The number of benzene rings is 3. The second-order valence-electron chi connectivity index (χ2n) is 7.23. The highest BCUT2D eigenvalue weighted by atomic mass is 32.2. The van der Waals surface area contributed by atoms with Gasteiger partial charge in [-0.3, -0.25) is 9.69 Å². The van der Waals surface area contributed by atoms with E-state index < -0.39 is 0 Å². The molecule has 0 radical (unpaired) electrons. The fourth-order valence-corrected chi connectivity index (χ4v) is 4.95. The first-order valence-electron chi connectivity index (χ1n) is 10.0. The number of nitrogens with zero attached hydrogens (tertiary/aromatic N) is 1. The average Bonchev–Trinajstić information content (AvgIpc) is 3.07. The van der Waals surface area contributed by atoms with Crippen molar-refractivity contribution in [3.63, 3.8) is 0 Å². The molecule has 0 bridgehead atoms. The number of ether oxygens (including phenoxy) is 2. The van der Waals surface area contributed by atoms with Crippen molar-refractivity contribution in [2.75, 3.05) is 7.11 Å². The predicted molar refractivity (Wildman–Crippen MR) is 128 cm³/mol. The summed E-state index contributed by atoms with van der Waals surface area (Å²) in [5.74, 6) is 1.64. The van der Waals surface area contributed by atoms with Crippen molar-refractivity contribution in [2.45, 2.75) is 24.8 Å². The van der Waals surface area contributed by atoms with Gasteiger partial charge in [0, 0.05) is 0 Å². The third-order valence-corrected chi connectivity index (χ3v) is 6.70. The molecular weight excluding hydrogens is 426 g/mol. The van der Waals surface area contributed by atoms with Gasteiger partial charge in [-0.1, -0.05) is 84.6 Å². The molecule has 1 heterocycles. The quantitative estimate of drug-likeness (QED) is 0.440. The molecule has 0 unspecified atom stereocenters. The second kappa shape index (κ2) is 9.98. The summed E-state index contributed by atoms with van der Waals surface area (Å²) < 4.78 is 11.9. The van der Waals surface area contributed by atoms with E-state index in [0.717, 1.165) is 28.2 Å². The van der Waals surface area contributed by atoms with Crippen LogP contribution in [0.1, 0.15) is 16.7 Å². The Kier molecular flexibility index (Phi) is 6.89. The highest BCUT2D eigenvalue weighted by molar-refractivity contribution is 8.24. The normalized spacial score (nSPS) is 15.9. The van der Waals surface area contributed by atoms with E-state index in [9.17, 15) is 4.79 Å². The van der Waals surface area contributed by atoms with E-state index in [-0.39, 0.29) is 11.2 Å². The zero-order valence-corrected chi connectivity index (χ0v) is 18.8. The first kappa shape index (κ1) is 21.4. The van der Waals surface area contributed by atoms with Gasteiger partial charge in [-0.05, 0) is 41.3 Å². The summed E-state index contributed by atoms with van der Waals surface area (Å²) >= 11 is 6.97. The highest BCUT2D eigenvalue weighted by Crippen LogP contribution is 2.33. The Balaban J connectivity index is 1.42. The van der Waals surface area contributed by atoms with Gasteiger partial charge >= 0.3 is 0 Å². The number of thiocarbonyl (C=S) groups is 1. The van der Waals surface area contributed by atoms with E-state index in [4.69, 9.17) is 21.7 Å². The van der Waals surface area contributed by atoms with Crippen LogP contribution in [0.2, 0.25) is 0 Å². The minimum absolute atomic E-state index is 0.0451. The van der Waals surface area contributed by atoms with E-state index >= 15 is 0 Å². The minimum Gasteiger partial charge on any atom is -0.497 e. The summed E-state index contributed by atoms with van der Waals surface area (Å²) in [6.45, 7) is 0.961. The summed E-state index contributed by atoms with van der Waals surface area (Å²) in [4.78, 5) is 14.8. The third kappa shape index (κ3) is 5.27. The van der Waals surface area contributed by atoms with Gasteiger partial charge in [0.25, 0.3) is 0 Å². The Morgan fingerprint density at radius 3 is 2.39 bits per heavy atom. The summed E-state index contributed by atoms with van der Waals surface area (Å²) in [5.41, 5.74) is 3.14. The monoisotopic (exact) mass is 449 g/mol. The van der Waals surface area contributed by atoms with Crippen LogP contribution < -0.4 is 9.47 Å². The van der Waals surface area contributed by atoms with Gasteiger partial charge in [-0.15, -0.1) is 0 Å². The summed E-state index contributed by atoms with van der Waals surface area (Å²) in [6.07, 6.45) is 0.577. The molecule has 1 saturated heterocycles. The smallest absolute Gasteiger partial charge is 0.242 e. The van der Waals surface area contributed by atoms with Gasteiger partial charge in [-0.25, -0.2) is 0 Å². The molecule has 158 valence electrons. The first-order valence-corrected chi connectivity index (χ1v) is 11.3. The number of methoxy groups -OCH3 is 1. The van der Waals surface area contributed by atoms with Crippen molar-refractivity contribution in [1.82, 2.24) is 4.90 Å². The molecule has 3 aromatic rings. The molecule has 1 amide bonds. The molecule has 1 fully saturated rings. The van der Waals surface area contributed by atoms with Crippen LogP contribution in [0.25, 0.3) is 0 Å². The number of carbonyl (C=O) groups is 1. The molecule has 1 aliphatic rings.